The van der Waals surface area contributed by atoms with Crippen LogP contribution in [0.4, 0.5) is 13.6 Å². The summed E-state index contributed by atoms with van der Waals surface area (Å²) in [5, 5.41) is 1.38. The first kappa shape index (κ1) is 57.1. The summed E-state index contributed by atoms with van der Waals surface area (Å²) >= 11 is 0. The van der Waals surface area contributed by atoms with Gasteiger partial charge in [-0.15, -0.1) is 0 Å². The molecule has 0 unspecified atom stereocenters. The van der Waals surface area contributed by atoms with Crippen molar-refractivity contribution in [1.29, 1.82) is 0 Å². The molecule has 4 heterocycles. The molecule has 2 aliphatic heterocycles. The van der Waals surface area contributed by atoms with Crippen LogP contribution in [-0.4, -0.2) is 71.4 Å². The third kappa shape index (κ3) is 12.6. The molecule has 15 heteroatoms. The van der Waals surface area contributed by atoms with Gasteiger partial charge in [-0.3, -0.25) is 19.6 Å². The molecule has 0 bridgehead atoms. The van der Waals surface area contributed by atoms with E-state index in [1.165, 1.54) is 29.2 Å². The van der Waals surface area contributed by atoms with Crippen LogP contribution < -0.4 is 18.9 Å². The first-order valence-corrected chi connectivity index (χ1v) is 31.9. The van der Waals surface area contributed by atoms with Crippen molar-refractivity contribution >= 4 is 47.8 Å². The molecule has 12 nitrogen and oxygen atoms in total. The molecule has 0 aliphatic carbocycles. The Labute approximate surface area is 493 Å². The lowest BCUT2D eigenvalue weighted by Crippen LogP contribution is -2.26. The number of benzene rings is 8. The maximum absolute atomic E-state index is 14.3. The minimum absolute atomic E-state index is 0.156. The van der Waals surface area contributed by atoms with Crippen molar-refractivity contribution in [2.24, 2.45) is 0 Å². The molecule has 0 saturated heterocycles. The predicted molar refractivity (Wildman–Crippen MR) is 328 cm³/mol. The zero-order valence-electron chi connectivity index (χ0n) is 47.9. The van der Waals surface area contributed by atoms with Gasteiger partial charge in [-0.1, -0.05) is 165 Å². The zero-order valence-corrected chi connectivity index (χ0v) is 48.9. The van der Waals surface area contributed by atoms with Gasteiger partial charge in [0, 0.05) is 69.6 Å². The molecule has 10 aromatic rings. The molecule has 85 heavy (non-hydrogen) atoms. The Hall–Kier alpha value is -9.73. The first-order chi connectivity index (χ1) is 41.2. The topological polar surface area (TPSA) is 124 Å². The molecule has 0 saturated carbocycles. The number of carbonyl (C=O) groups is 3. The predicted octanol–water partition coefficient (Wildman–Crippen LogP) is 15.2. The van der Waals surface area contributed by atoms with Crippen molar-refractivity contribution in [2.75, 3.05) is 20.7 Å². The lowest BCUT2D eigenvalue weighted by atomic mass is 9.99. The fourth-order valence-electron chi connectivity index (χ4n) is 10.6. The van der Waals surface area contributed by atoms with Gasteiger partial charge in [0.25, 0.3) is 11.8 Å². The van der Waals surface area contributed by atoms with Crippen molar-refractivity contribution in [2.45, 2.75) is 64.1 Å². The summed E-state index contributed by atoms with van der Waals surface area (Å²) in [6.07, 6.45) is 1.76. The Kier molecular flexibility index (Phi) is 16.8. The largest absolute Gasteiger partial charge is 0.493 e. The standard InChI is InChI=1S/C36H35FN2O3Si.C34H28FN3O4/c1-43(2,3)22-21-41-34-29-15-10-20-38-32(29)35(42-33(26-11-6-4-7-12-26)27-13-8-5-9-14-27)31-30(34)24-39(36(31)40)23-25-16-18-28(37)19-17-25;1-37(2)34(40)42-31-26-14-9-19-36-29(26)32(41-30(23-10-5-3-6-11-23)24-12-7-4-8-13-24)28-27(31)21-38(33(28)39)20-22-15-17-25(35)18-16-22/h4-20,33H,21-24H2,1-3H3;3-19,30H,20-21H2,1-2H3. The maximum atomic E-state index is 14.3. The summed E-state index contributed by atoms with van der Waals surface area (Å²) in [4.78, 5) is 55.3. The van der Waals surface area contributed by atoms with E-state index in [1.54, 1.807) is 72.7 Å². The highest BCUT2D eigenvalue weighted by atomic mass is 28.3. The number of carbonyl (C=O) groups excluding carboxylic acids is 3. The van der Waals surface area contributed by atoms with Crippen molar-refractivity contribution in [3.8, 4) is 23.0 Å². The minimum Gasteiger partial charge on any atom is -0.493 e. The number of amides is 3. The van der Waals surface area contributed by atoms with Crippen LogP contribution in [0.1, 0.15) is 77.4 Å². The van der Waals surface area contributed by atoms with Gasteiger partial charge in [0.2, 0.25) is 0 Å². The second kappa shape index (κ2) is 25.0. The molecule has 2 aliphatic rings. The molecule has 8 aromatic carbocycles. The van der Waals surface area contributed by atoms with Crippen LogP contribution in [-0.2, 0) is 26.2 Å². The van der Waals surface area contributed by atoms with E-state index in [-0.39, 0.29) is 42.3 Å². The molecule has 2 aromatic heterocycles. The monoisotopic (exact) mass is 1150 g/mol. The number of rotatable bonds is 17. The van der Waals surface area contributed by atoms with Gasteiger partial charge in [-0.25, -0.2) is 13.6 Å². The van der Waals surface area contributed by atoms with Crippen LogP contribution in [0.5, 0.6) is 23.0 Å². The molecular weight excluding hydrogens is 1090 g/mol. The Morgan fingerprint density at radius 3 is 1.27 bits per heavy atom. The van der Waals surface area contributed by atoms with Crippen molar-refractivity contribution in [3.63, 3.8) is 0 Å². The molecule has 0 atom stereocenters. The molecule has 428 valence electrons. The summed E-state index contributed by atoms with van der Waals surface area (Å²) in [6.45, 7) is 8.62. The van der Waals surface area contributed by atoms with Crippen molar-refractivity contribution < 1.29 is 42.1 Å². The van der Waals surface area contributed by atoms with E-state index in [0.717, 1.165) is 50.4 Å². The second-order valence-corrected chi connectivity index (χ2v) is 28.1. The van der Waals surface area contributed by atoms with Gasteiger partial charge in [-0.05, 0) is 88.0 Å². The molecule has 0 radical (unpaired) electrons. The molecule has 0 N–H and O–H groups in total. The van der Waals surface area contributed by atoms with Crippen LogP contribution in [0.15, 0.2) is 207 Å². The number of pyridine rings is 2. The van der Waals surface area contributed by atoms with E-state index in [9.17, 15) is 23.2 Å². The molecule has 3 amide bonds. The van der Waals surface area contributed by atoms with E-state index >= 15 is 0 Å². The quantitative estimate of drug-likeness (QED) is 0.0820. The molecule has 0 spiro atoms. The van der Waals surface area contributed by atoms with E-state index in [0.29, 0.717) is 70.1 Å². The number of fused-ring (bicyclic) bond motifs is 4. The molecular formula is C70H63F2N5O7Si. The van der Waals surface area contributed by atoms with Gasteiger partial charge < -0.3 is 33.6 Å². The van der Waals surface area contributed by atoms with Gasteiger partial charge in [0.1, 0.15) is 46.4 Å². The van der Waals surface area contributed by atoms with Crippen LogP contribution in [0.3, 0.4) is 0 Å². The smallest absolute Gasteiger partial charge is 0.414 e. The van der Waals surface area contributed by atoms with E-state index in [2.05, 4.69) is 24.6 Å². The number of hydrogen-bond donors (Lipinski definition) is 0. The van der Waals surface area contributed by atoms with Crippen molar-refractivity contribution in [1.82, 2.24) is 24.7 Å². The number of ether oxygens (including phenoxy) is 4. The highest BCUT2D eigenvalue weighted by Gasteiger charge is 2.40. The van der Waals surface area contributed by atoms with E-state index in [4.69, 9.17) is 23.9 Å². The lowest BCUT2D eigenvalue weighted by molar-refractivity contribution is 0.0754. The minimum atomic E-state index is -1.37. The molecule has 0 fully saturated rings. The zero-order chi connectivity index (χ0) is 59.2. The first-order valence-electron chi connectivity index (χ1n) is 28.2. The fourth-order valence-corrected chi connectivity index (χ4v) is 11.3. The average Bonchev–Trinajstić information content (AvgIpc) is 1.96. The summed E-state index contributed by atoms with van der Waals surface area (Å²) in [5.74, 6) is 0.615. The van der Waals surface area contributed by atoms with Crippen LogP contribution >= 0.6 is 0 Å². The number of aromatic nitrogens is 2. The summed E-state index contributed by atoms with van der Waals surface area (Å²) in [6, 6.07) is 60.3. The Bertz CT molecular complexity index is 3950. The SMILES string of the molecule is CN(C)C(=O)Oc1c2c(c(OC(c3ccccc3)c3ccccc3)c3ncccc13)C(=O)N(Cc1ccc(F)cc1)C2.C[Si](C)(C)CCOc1c2c(c(OC(c3ccccc3)c3ccccc3)c3ncccc13)C(=O)N(Cc1ccc(F)cc1)C2. The summed E-state index contributed by atoms with van der Waals surface area (Å²) in [7, 11) is 1.82. The van der Waals surface area contributed by atoms with E-state index < -0.39 is 26.4 Å². The summed E-state index contributed by atoms with van der Waals surface area (Å²) in [5.41, 5.74) is 8.47. The van der Waals surface area contributed by atoms with Crippen LogP contribution in [0, 0.1) is 11.6 Å². The van der Waals surface area contributed by atoms with Gasteiger partial charge in [0.15, 0.2) is 11.5 Å². The Balaban J connectivity index is 0.000000177. The van der Waals surface area contributed by atoms with Gasteiger partial charge >= 0.3 is 6.09 Å². The third-order valence-corrected chi connectivity index (χ3v) is 16.7. The van der Waals surface area contributed by atoms with Gasteiger partial charge in [-0.2, -0.15) is 0 Å². The fraction of sp³-hybridized carbons (Fsp3) is 0.186. The maximum Gasteiger partial charge on any atom is 0.414 e. The highest BCUT2D eigenvalue weighted by molar-refractivity contribution is 6.76. The number of halogens is 2. The number of hydrogen-bond acceptors (Lipinski definition) is 9. The Morgan fingerprint density at radius 2 is 0.894 bits per heavy atom. The van der Waals surface area contributed by atoms with Crippen molar-refractivity contribution in [3.05, 3.63) is 274 Å². The molecule has 12 rings (SSSR count). The van der Waals surface area contributed by atoms with Crippen LogP contribution in [0.2, 0.25) is 25.7 Å². The lowest BCUT2D eigenvalue weighted by Gasteiger charge is -2.24. The van der Waals surface area contributed by atoms with Crippen LogP contribution in [0.25, 0.3) is 21.8 Å². The third-order valence-electron chi connectivity index (χ3n) is 14.9. The normalized spacial score (nSPS) is 12.8. The highest BCUT2D eigenvalue weighted by Crippen LogP contribution is 2.49. The average molecular weight is 1150 g/mol. The van der Waals surface area contributed by atoms with Gasteiger partial charge in [0.05, 0.1) is 30.8 Å². The number of nitrogens with zero attached hydrogens (tertiary/aromatic N) is 5. The second-order valence-electron chi connectivity index (χ2n) is 22.5. The Morgan fingerprint density at radius 1 is 0.518 bits per heavy atom. The van der Waals surface area contributed by atoms with E-state index in [1.807, 2.05) is 133 Å². The summed E-state index contributed by atoms with van der Waals surface area (Å²) < 4.78 is 53.4.